The first-order valence-corrected chi connectivity index (χ1v) is 4.83. The first kappa shape index (κ1) is 12.2. The van der Waals surface area contributed by atoms with Crippen molar-refractivity contribution in [2.24, 2.45) is 0 Å². The van der Waals surface area contributed by atoms with E-state index < -0.39 is 0 Å². The third kappa shape index (κ3) is 9.07. The molecule has 0 fully saturated rings. The zero-order valence-electron chi connectivity index (χ0n) is 8.14. The predicted octanol–water partition coefficient (Wildman–Crippen LogP) is -0.00340. The Bertz CT molecular complexity index is 173. The molecule has 0 aromatic rings. The largest absolute Gasteiger partial charge is 0.363 e. The summed E-state index contributed by atoms with van der Waals surface area (Å²) in [6.07, 6.45) is 1.05. The summed E-state index contributed by atoms with van der Waals surface area (Å²) in [5.41, 5.74) is 0. The van der Waals surface area contributed by atoms with Gasteiger partial charge in [-0.3, -0.25) is 4.79 Å². The van der Waals surface area contributed by atoms with Gasteiger partial charge in [-0.25, -0.2) is 0 Å². The number of carbonyl (C=O) groups excluding carboxylic acids is 1. The molecule has 0 aromatic heterocycles. The molecule has 0 heterocycles. The van der Waals surface area contributed by atoms with Crippen LogP contribution in [0, 0.1) is 0 Å². The highest BCUT2D eigenvalue weighted by Gasteiger charge is 1.93. The van der Waals surface area contributed by atoms with Gasteiger partial charge in [0.1, 0.15) is 0 Å². The normalized spacial score (nSPS) is 9.08. The summed E-state index contributed by atoms with van der Waals surface area (Å²) in [6.45, 7) is 5.71. The molecule has 0 aliphatic heterocycles. The third-order valence-corrected chi connectivity index (χ3v) is 1.61. The molecule has 76 valence electrons. The maximum Gasteiger partial charge on any atom is 0.216 e. The van der Waals surface area contributed by atoms with Gasteiger partial charge >= 0.3 is 0 Å². The van der Waals surface area contributed by atoms with Gasteiger partial charge in [-0.15, -0.1) is 0 Å². The van der Waals surface area contributed by atoms with E-state index >= 15 is 0 Å². The molecule has 0 bridgehead atoms. The Hall–Kier alpha value is -0.840. The summed E-state index contributed by atoms with van der Waals surface area (Å²) in [6, 6.07) is 0. The molecule has 0 spiro atoms. The van der Waals surface area contributed by atoms with Gasteiger partial charge < -0.3 is 16.0 Å². The molecular weight excluding hydrogens is 186 g/mol. The second-order valence-electron chi connectivity index (χ2n) is 2.67. The molecule has 0 aromatic carbocycles. The monoisotopic (exact) mass is 203 g/mol. The number of hydrogen-bond donors (Lipinski definition) is 3. The van der Waals surface area contributed by atoms with Crippen molar-refractivity contribution in [2.75, 3.05) is 19.6 Å². The van der Waals surface area contributed by atoms with Gasteiger partial charge in [0, 0.05) is 26.6 Å². The summed E-state index contributed by atoms with van der Waals surface area (Å²) in [5, 5.41) is 9.32. The molecule has 4 nitrogen and oxygen atoms in total. The van der Waals surface area contributed by atoms with E-state index in [9.17, 15) is 4.79 Å². The van der Waals surface area contributed by atoms with Crippen LogP contribution >= 0.6 is 12.2 Å². The smallest absolute Gasteiger partial charge is 0.216 e. The van der Waals surface area contributed by atoms with E-state index in [0.29, 0.717) is 18.2 Å². The van der Waals surface area contributed by atoms with Gasteiger partial charge in [-0.2, -0.15) is 0 Å². The molecule has 13 heavy (non-hydrogen) atoms. The molecule has 0 rings (SSSR count). The quantitative estimate of drug-likeness (QED) is 0.435. The summed E-state index contributed by atoms with van der Waals surface area (Å²) >= 11 is 4.96. The van der Waals surface area contributed by atoms with Crippen LogP contribution in [0.15, 0.2) is 0 Å². The van der Waals surface area contributed by atoms with Gasteiger partial charge in [0.15, 0.2) is 5.11 Å². The molecule has 0 unspecified atom stereocenters. The Kier molecular flexibility index (Phi) is 7.29. The summed E-state index contributed by atoms with van der Waals surface area (Å²) in [7, 11) is 0. The Morgan fingerprint density at radius 3 is 2.23 bits per heavy atom. The van der Waals surface area contributed by atoms with Crippen molar-refractivity contribution in [3.8, 4) is 0 Å². The standard InChI is InChI=1S/C8H17N3OS/c1-3-4-10-8(13)11-6-5-9-7(2)12/h3-6H2,1-2H3,(H,9,12)(H2,10,11,13). The number of rotatable bonds is 5. The number of carbonyl (C=O) groups is 1. The predicted molar refractivity (Wildman–Crippen MR) is 57.6 cm³/mol. The van der Waals surface area contributed by atoms with Gasteiger partial charge in [0.05, 0.1) is 0 Å². The highest BCUT2D eigenvalue weighted by atomic mass is 32.1. The summed E-state index contributed by atoms with van der Waals surface area (Å²) < 4.78 is 0. The van der Waals surface area contributed by atoms with Crippen LogP contribution in [0.3, 0.4) is 0 Å². The van der Waals surface area contributed by atoms with Crippen LogP contribution in [0.25, 0.3) is 0 Å². The van der Waals surface area contributed by atoms with E-state index in [4.69, 9.17) is 12.2 Å². The van der Waals surface area contributed by atoms with Crippen molar-refractivity contribution in [2.45, 2.75) is 20.3 Å². The lowest BCUT2D eigenvalue weighted by molar-refractivity contribution is -0.118. The van der Waals surface area contributed by atoms with Gasteiger partial charge in [-0.1, -0.05) is 6.92 Å². The second-order valence-corrected chi connectivity index (χ2v) is 3.07. The van der Waals surface area contributed by atoms with Crippen LogP contribution in [-0.4, -0.2) is 30.7 Å². The van der Waals surface area contributed by atoms with Crippen LogP contribution in [0.2, 0.25) is 0 Å². The SMILES string of the molecule is CCCNC(=S)NCCNC(C)=O. The zero-order valence-corrected chi connectivity index (χ0v) is 8.96. The van der Waals surface area contributed by atoms with Crippen LogP contribution in [0.1, 0.15) is 20.3 Å². The zero-order chi connectivity index (χ0) is 10.1. The van der Waals surface area contributed by atoms with E-state index in [2.05, 4.69) is 22.9 Å². The van der Waals surface area contributed by atoms with Crippen molar-refractivity contribution in [1.82, 2.24) is 16.0 Å². The summed E-state index contributed by atoms with van der Waals surface area (Å²) in [4.78, 5) is 10.5. The van der Waals surface area contributed by atoms with E-state index in [1.807, 2.05) is 0 Å². The van der Waals surface area contributed by atoms with Gasteiger partial charge in [0.2, 0.25) is 5.91 Å². The minimum atomic E-state index is -0.0192. The fourth-order valence-corrected chi connectivity index (χ4v) is 0.920. The maximum absolute atomic E-state index is 10.5. The van der Waals surface area contributed by atoms with Crippen LogP contribution < -0.4 is 16.0 Å². The lowest BCUT2D eigenvalue weighted by Gasteiger charge is -2.09. The molecule has 0 radical (unpaired) electrons. The first-order valence-electron chi connectivity index (χ1n) is 4.43. The van der Waals surface area contributed by atoms with Crippen molar-refractivity contribution in [3.05, 3.63) is 0 Å². The van der Waals surface area contributed by atoms with Crippen molar-refractivity contribution < 1.29 is 4.79 Å². The lowest BCUT2D eigenvalue weighted by atomic mass is 10.5. The number of nitrogens with one attached hydrogen (secondary N) is 3. The Morgan fingerprint density at radius 2 is 1.69 bits per heavy atom. The third-order valence-electron chi connectivity index (χ3n) is 1.32. The van der Waals surface area contributed by atoms with Gasteiger partial charge in [0.25, 0.3) is 0 Å². The molecule has 3 N–H and O–H groups in total. The molecule has 0 aliphatic rings. The Balaban J connectivity index is 3.22. The molecule has 0 saturated carbocycles. The Labute approximate surface area is 84.5 Å². The Morgan fingerprint density at radius 1 is 1.15 bits per heavy atom. The number of hydrogen-bond acceptors (Lipinski definition) is 2. The van der Waals surface area contributed by atoms with E-state index in [1.165, 1.54) is 6.92 Å². The lowest BCUT2D eigenvalue weighted by Crippen LogP contribution is -2.39. The average Bonchev–Trinajstić information content (AvgIpc) is 2.08. The molecule has 1 amide bonds. The number of amides is 1. The minimum Gasteiger partial charge on any atom is -0.363 e. The second kappa shape index (κ2) is 7.79. The van der Waals surface area contributed by atoms with Crippen molar-refractivity contribution in [3.63, 3.8) is 0 Å². The molecular formula is C8H17N3OS. The average molecular weight is 203 g/mol. The maximum atomic E-state index is 10.5. The highest BCUT2D eigenvalue weighted by Crippen LogP contribution is 1.71. The van der Waals surface area contributed by atoms with Crippen molar-refractivity contribution in [1.29, 1.82) is 0 Å². The topological polar surface area (TPSA) is 53.2 Å². The van der Waals surface area contributed by atoms with Crippen LogP contribution in [-0.2, 0) is 4.79 Å². The molecule has 5 heteroatoms. The van der Waals surface area contributed by atoms with Crippen LogP contribution in [0.4, 0.5) is 0 Å². The molecule has 0 saturated heterocycles. The van der Waals surface area contributed by atoms with Gasteiger partial charge in [-0.05, 0) is 18.6 Å². The minimum absolute atomic E-state index is 0.0192. The van der Waals surface area contributed by atoms with E-state index in [-0.39, 0.29) is 5.91 Å². The molecule has 0 atom stereocenters. The fourth-order valence-electron chi connectivity index (χ4n) is 0.716. The van der Waals surface area contributed by atoms with Crippen molar-refractivity contribution >= 4 is 23.2 Å². The summed E-state index contributed by atoms with van der Waals surface area (Å²) in [5.74, 6) is -0.0192. The fraction of sp³-hybridized carbons (Fsp3) is 0.750. The van der Waals surface area contributed by atoms with E-state index in [0.717, 1.165) is 13.0 Å². The van der Waals surface area contributed by atoms with Crippen LogP contribution in [0.5, 0.6) is 0 Å². The highest BCUT2D eigenvalue weighted by molar-refractivity contribution is 7.80. The number of thiocarbonyl (C=S) groups is 1. The first-order chi connectivity index (χ1) is 6.16. The molecule has 0 aliphatic carbocycles. The van der Waals surface area contributed by atoms with E-state index in [1.54, 1.807) is 0 Å².